The topological polar surface area (TPSA) is 50.8 Å². The highest BCUT2D eigenvalue weighted by atomic mass is 79.9. The summed E-state index contributed by atoms with van der Waals surface area (Å²) in [5, 5.41) is 3.32. The molecule has 1 heterocycles. The Kier molecular flexibility index (Phi) is 4.88. The molecule has 0 unspecified atom stereocenters. The van der Waals surface area contributed by atoms with Gasteiger partial charge in [-0.3, -0.25) is 4.79 Å². The molecule has 0 aromatic heterocycles. The number of hydrogen-bond acceptors (Lipinski definition) is 4. The number of hydrogen-bond donors (Lipinski definition) is 1. The SMILES string of the molecule is COc1cc(C(=O)N2CCN[C@H](C)C2)cc(OC)c1Br. The van der Waals surface area contributed by atoms with Crippen LogP contribution in [0.2, 0.25) is 0 Å². The Balaban J connectivity index is 2.29. The van der Waals surface area contributed by atoms with E-state index in [1.165, 1.54) is 0 Å². The fourth-order valence-electron chi connectivity index (χ4n) is 2.29. The van der Waals surface area contributed by atoms with Crippen LogP contribution in [0.3, 0.4) is 0 Å². The zero-order valence-corrected chi connectivity index (χ0v) is 13.5. The number of rotatable bonds is 3. The molecule has 2 rings (SSSR count). The van der Waals surface area contributed by atoms with Gasteiger partial charge in [0.25, 0.3) is 5.91 Å². The Labute approximate surface area is 127 Å². The van der Waals surface area contributed by atoms with Crippen LogP contribution in [0.4, 0.5) is 0 Å². The lowest BCUT2D eigenvalue weighted by Crippen LogP contribution is -2.51. The van der Waals surface area contributed by atoms with Crippen molar-refractivity contribution < 1.29 is 14.3 Å². The molecule has 1 aromatic rings. The molecule has 0 saturated carbocycles. The molecule has 0 radical (unpaired) electrons. The van der Waals surface area contributed by atoms with Crippen LogP contribution in [-0.2, 0) is 0 Å². The van der Waals surface area contributed by atoms with Gasteiger partial charge in [-0.2, -0.15) is 0 Å². The van der Waals surface area contributed by atoms with E-state index < -0.39 is 0 Å². The van der Waals surface area contributed by atoms with Crippen molar-refractivity contribution in [2.45, 2.75) is 13.0 Å². The second kappa shape index (κ2) is 6.45. The summed E-state index contributed by atoms with van der Waals surface area (Å²) in [6, 6.07) is 3.79. The zero-order chi connectivity index (χ0) is 14.7. The molecule has 5 nitrogen and oxygen atoms in total. The van der Waals surface area contributed by atoms with E-state index in [-0.39, 0.29) is 5.91 Å². The van der Waals surface area contributed by atoms with Crippen LogP contribution in [0.15, 0.2) is 16.6 Å². The summed E-state index contributed by atoms with van der Waals surface area (Å²) in [5.74, 6) is 1.19. The first-order chi connectivity index (χ1) is 9.56. The van der Waals surface area contributed by atoms with Crippen LogP contribution >= 0.6 is 15.9 Å². The molecule has 1 aromatic carbocycles. The molecule has 1 fully saturated rings. The number of ether oxygens (including phenoxy) is 2. The number of amides is 1. The maximum absolute atomic E-state index is 12.6. The highest BCUT2D eigenvalue weighted by Crippen LogP contribution is 2.35. The molecule has 1 N–H and O–H groups in total. The number of methoxy groups -OCH3 is 2. The number of benzene rings is 1. The second-order valence-corrected chi connectivity index (χ2v) is 5.59. The predicted octanol–water partition coefficient (Wildman–Crippen LogP) is 1.90. The number of nitrogens with zero attached hydrogens (tertiary/aromatic N) is 1. The third-order valence-electron chi connectivity index (χ3n) is 3.35. The molecule has 1 aliphatic heterocycles. The van der Waals surface area contributed by atoms with Gasteiger partial charge in [-0.25, -0.2) is 0 Å². The molecule has 1 atom stereocenters. The summed E-state index contributed by atoms with van der Waals surface area (Å²) in [6.07, 6.45) is 0. The van der Waals surface area contributed by atoms with Crippen LogP contribution in [-0.4, -0.2) is 50.7 Å². The number of piperazine rings is 1. The van der Waals surface area contributed by atoms with Gasteiger partial charge in [0.1, 0.15) is 16.0 Å². The van der Waals surface area contributed by atoms with E-state index in [9.17, 15) is 4.79 Å². The van der Waals surface area contributed by atoms with Gasteiger partial charge in [0, 0.05) is 31.2 Å². The van der Waals surface area contributed by atoms with Crippen molar-refractivity contribution in [1.82, 2.24) is 10.2 Å². The van der Waals surface area contributed by atoms with Gasteiger partial charge in [0.2, 0.25) is 0 Å². The van der Waals surface area contributed by atoms with Gasteiger partial charge in [-0.15, -0.1) is 0 Å². The van der Waals surface area contributed by atoms with E-state index >= 15 is 0 Å². The quantitative estimate of drug-likeness (QED) is 0.911. The second-order valence-electron chi connectivity index (χ2n) is 4.80. The van der Waals surface area contributed by atoms with Gasteiger partial charge in [0.15, 0.2) is 0 Å². The summed E-state index contributed by atoms with van der Waals surface area (Å²) < 4.78 is 11.3. The molecule has 1 saturated heterocycles. The molecular weight excluding hydrogens is 324 g/mol. The van der Waals surface area contributed by atoms with E-state index in [0.717, 1.165) is 6.54 Å². The zero-order valence-electron chi connectivity index (χ0n) is 11.9. The lowest BCUT2D eigenvalue weighted by Gasteiger charge is -2.32. The molecule has 6 heteroatoms. The number of carbonyl (C=O) groups is 1. The highest BCUT2D eigenvalue weighted by molar-refractivity contribution is 9.10. The molecule has 1 aliphatic rings. The molecule has 0 aliphatic carbocycles. The molecular formula is C14H19BrN2O3. The normalized spacial score (nSPS) is 18.8. The van der Waals surface area contributed by atoms with Crippen LogP contribution in [0.1, 0.15) is 17.3 Å². The minimum absolute atomic E-state index is 0.00227. The minimum atomic E-state index is 0.00227. The van der Waals surface area contributed by atoms with Gasteiger partial charge < -0.3 is 19.7 Å². The van der Waals surface area contributed by atoms with Crippen LogP contribution in [0.25, 0.3) is 0 Å². The van der Waals surface area contributed by atoms with Crippen molar-refractivity contribution in [3.05, 3.63) is 22.2 Å². The van der Waals surface area contributed by atoms with Crippen LogP contribution in [0, 0.1) is 0 Å². The van der Waals surface area contributed by atoms with E-state index in [1.807, 2.05) is 4.90 Å². The van der Waals surface area contributed by atoms with Crippen molar-refractivity contribution in [2.75, 3.05) is 33.9 Å². The van der Waals surface area contributed by atoms with Crippen molar-refractivity contribution >= 4 is 21.8 Å². The van der Waals surface area contributed by atoms with E-state index in [0.29, 0.717) is 40.7 Å². The van der Waals surface area contributed by atoms with Gasteiger partial charge >= 0.3 is 0 Å². The van der Waals surface area contributed by atoms with Crippen molar-refractivity contribution in [2.24, 2.45) is 0 Å². The summed E-state index contributed by atoms with van der Waals surface area (Å²) in [6.45, 7) is 4.31. The number of halogens is 1. The summed E-state index contributed by atoms with van der Waals surface area (Å²) in [7, 11) is 3.14. The Bertz CT molecular complexity index is 482. The van der Waals surface area contributed by atoms with Gasteiger partial charge in [0.05, 0.1) is 14.2 Å². The maximum Gasteiger partial charge on any atom is 0.254 e. The fraction of sp³-hybridized carbons (Fsp3) is 0.500. The Morgan fingerprint density at radius 1 is 1.35 bits per heavy atom. The number of carbonyl (C=O) groups excluding carboxylic acids is 1. The third-order valence-corrected chi connectivity index (χ3v) is 4.13. The first kappa shape index (κ1) is 15.1. The Morgan fingerprint density at radius 3 is 2.45 bits per heavy atom. The summed E-state index contributed by atoms with van der Waals surface area (Å²) in [4.78, 5) is 14.4. The molecule has 110 valence electrons. The lowest BCUT2D eigenvalue weighted by atomic mass is 10.1. The van der Waals surface area contributed by atoms with Crippen LogP contribution < -0.4 is 14.8 Å². The largest absolute Gasteiger partial charge is 0.495 e. The van der Waals surface area contributed by atoms with E-state index in [1.54, 1.807) is 26.4 Å². The molecule has 1 amide bonds. The van der Waals surface area contributed by atoms with Gasteiger partial charge in [-0.1, -0.05) is 0 Å². The Hall–Kier alpha value is -1.27. The fourth-order valence-corrected chi connectivity index (χ4v) is 2.84. The van der Waals surface area contributed by atoms with Crippen molar-refractivity contribution in [3.63, 3.8) is 0 Å². The van der Waals surface area contributed by atoms with Crippen molar-refractivity contribution in [3.8, 4) is 11.5 Å². The summed E-state index contributed by atoms with van der Waals surface area (Å²) in [5.41, 5.74) is 0.580. The van der Waals surface area contributed by atoms with E-state index in [4.69, 9.17) is 9.47 Å². The van der Waals surface area contributed by atoms with Gasteiger partial charge in [-0.05, 0) is 35.0 Å². The van der Waals surface area contributed by atoms with Crippen LogP contribution in [0.5, 0.6) is 11.5 Å². The standard InChI is InChI=1S/C14H19BrN2O3/c1-9-8-17(5-4-16-9)14(18)10-6-11(19-2)13(15)12(7-10)20-3/h6-7,9,16H,4-5,8H2,1-3H3/t9-/m1/s1. The average molecular weight is 343 g/mol. The average Bonchev–Trinajstić information content (AvgIpc) is 2.46. The molecule has 20 heavy (non-hydrogen) atoms. The third kappa shape index (κ3) is 3.07. The Morgan fingerprint density at radius 2 is 1.95 bits per heavy atom. The lowest BCUT2D eigenvalue weighted by molar-refractivity contribution is 0.0708. The first-order valence-corrected chi connectivity index (χ1v) is 7.30. The summed E-state index contributed by atoms with van der Waals surface area (Å²) >= 11 is 3.41. The first-order valence-electron chi connectivity index (χ1n) is 6.51. The smallest absolute Gasteiger partial charge is 0.254 e. The predicted molar refractivity (Wildman–Crippen MR) is 80.6 cm³/mol. The minimum Gasteiger partial charge on any atom is -0.495 e. The molecule has 0 bridgehead atoms. The highest BCUT2D eigenvalue weighted by Gasteiger charge is 2.23. The monoisotopic (exact) mass is 342 g/mol. The number of nitrogens with one attached hydrogen (secondary N) is 1. The van der Waals surface area contributed by atoms with E-state index in [2.05, 4.69) is 28.2 Å². The molecule has 0 spiro atoms. The van der Waals surface area contributed by atoms with Crippen molar-refractivity contribution in [1.29, 1.82) is 0 Å². The maximum atomic E-state index is 12.6.